The zero-order chi connectivity index (χ0) is 13.1. The lowest BCUT2D eigenvalue weighted by Gasteiger charge is -2.04. The molecule has 0 aliphatic heterocycles. The number of nitrogens with zero attached hydrogens (tertiary/aromatic N) is 3. The summed E-state index contributed by atoms with van der Waals surface area (Å²) >= 11 is 0. The molecule has 4 nitrogen and oxygen atoms in total. The number of rotatable bonds is 2. The van der Waals surface area contributed by atoms with Crippen LogP contribution in [0.1, 0.15) is 0 Å². The van der Waals surface area contributed by atoms with Crippen LogP contribution in [0.25, 0.3) is 22.8 Å². The molecule has 3 rings (SSSR count). The molecule has 0 aliphatic carbocycles. The molecule has 2 heterocycles. The second-order valence-corrected chi connectivity index (χ2v) is 4.11. The molecule has 1 aromatic carbocycles. The van der Waals surface area contributed by atoms with Gasteiger partial charge in [0.1, 0.15) is 0 Å². The van der Waals surface area contributed by atoms with Crippen molar-refractivity contribution in [2.45, 2.75) is 0 Å². The normalized spacial score (nSPS) is 10.3. The average molecular weight is 248 g/mol. The van der Waals surface area contributed by atoms with Crippen molar-refractivity contribution in [3.05, 3.63) is 60.9 Å². The molecule has 0 spiro atoms. The Hall–Kier alpha value is -2.75. The predicted molar refractivity (Wildman–Crippen MR) is 75.1 cm³/mol. The molecule has 92 valence electrons. The number of hydrogen-bond donors (Lipinski definition) is 1. The summed E-state index contributed by atoms with van der Waals surface area (Å²) < 4.78 is 0. The standard InChI is InChI=1S/C15H12N4/c16-12-5-3-4-11(10-12)15-18-9-7-14(19-15)13-6-1-2-8-17-13/h1-10H,16H2. The van der Waals surface area contributed by atoms with E-state index in [0.717, 1.165) is 17.0 Å². The lowest BCUT2D eigenvalue weighted by atomic mass is 10.2. The molecule has 0 saturated carbocycles. The van der Waals surface area contributed by atoms with Crippen LogP contribution in [0.4, 0.5) is 5.69 Å². The summed E-state index contributed by atoms with van der Waals surface area (Å²) in [5, 5.41) is 0. The number of benzene rings is 1. The number of aromatic nitrogens is 3. The zero-order valence-electron chi connectivity index (χ0n) is 10.2. The number of anilines is 1. The first-order valence-corrected chi connectivity index (χ1v) is 5.93. The Balaban J connectivity index is 2.06. The smallest absolute Gasteiger partial charge is 0.159 e. The Labute approximate surface area is 111 Å². The molecule has 3 aromatic rings. The van der Waals surface area contributed by atoms with Crippen molar-refractivity contribution in [2.75, 3.05) is 5.73 Å². The third-order valence-corrected chi connectivity index (χ3v) is 2.73. The van der Waals surface area contributed by atoms with Crippen LogP contribution in [-0.4, -0.2) is 15.0 Å². The number of hydrogen-bond acceptors (Lipinski definition) is 4. The van der Waals surface area contributed by atoms with Crippen LogP contribution in [0, 0.1) is 0 Å². The number of nitrogen functional groups attached to an aromatic ring is 1. The van der Waals surface area contributed by atoms with E-state index < -0.39 is 0 Å². The number of pyridine rings is 1. The van der Waals surface area contributed by atoms with Crippen molar-refractivity contribution in [1.29, 1.82) is 0 Å². The molecule has 0 saturated heterocycles. The third kappa shape index (κ3) is 2.42. The van der Waals surface area contributed by atoms with Crippen LogP contribution in [0.3, 0.4) is 0 Å². The van der Waals surface area contributed by atoms with E-state index in [1.54, 1.807) is 12.4 Å². The van der Waals surface area contributed by atoms with Gasteiger partial charge in [-0.3, -0.25) is 4.98 Å². The van der Waals surface area contributed by atoms with Gasteiger partial charge >= 0.3 is 0 Å². The molecule has 0 unspecified atom stereocenters. The molecule has 0 aliphatic rings. The van der Waals surface area contributed by atoms with E-state index in [4.69, 9.17) is 5.73 Å². The molecule has 0 amide bonds. The van der Waals surface area contributed by atoms with Gasteiger partial charge in [-0.15, -0.1) is 0 Å². The second kappa shape index (κ2) is 4.86. The fraction of sp³-hybridized carbons (Fsp3) is 0. The molecule has 0 fully saturated rings. The minimum absolute atomic E-state index is 0.649. The van der Waals surface area contributed by atoms with Crippen molar-refractivity contribution < 1.29 is 0 Å². The van der Waals surface area contributed by atoms with Gasteiger partial charge in [-0.1, -0.05) is 18.2 Å². The Bertz CT molecular complexity index is 695. The Morgan fingerprint density at radius 2 is 1.74 bits per heavy atom. The van der Waals surface area contributed by atoms with Crippen LogP contribution in [-0.2, 0) is 0 Å². The third-order valence-electron chi connectivity index (χ3n) is 2.73. The summed E-state index contributed by atoms with van der Waals surface area (Å²) in [7, 11) is 0. The fourth-order valence-corrected chi connectivity index (χ4v) is 1.83. The zero-order valence-corrected chi connectivity index (χ0v) is 10.2. The van der Waals surface area contributed by atoms with Gasteiger partial charge in [0.2, 0.25) is 0 Å². The highest BCUT2D eigenvalue weighted by molar-refractivity contribution is 5.63. The van der Waals surface area contributed by atoms with Gasteiger partial charge in [-0.2, -0.15) is 0 Å². The summed E-state index contributed by atoms with van der Waals surface area (Å²) in [5.41, 5.74) is 9.00. The first-order chi connectivity index (χ1) is 9.33. The van der Waals surface area contributed by atoms with E-state index in [-0.39, 0.29) is 0 Å². The van der Waals surface area contributed by atoms with Crippen LogP contribution >= 0.6 is 0 Å². The van der Waals surface area contributed by atoms with Crippen molar-refractivity contribution in [2.24, 2.45) is 0 Å². The predicted octanol–water partition coefficient (Wildman–Crippen LogP) is 2.79. The second-order valence-electron chi connectivity index (χ2n) is 4.11. The highest BCUT2D eigenvalue weighted by Crippen LogP contribution is 2.20. The van der Waals surface area contributed by atoms with Crippen molar-refractivity contribution in [1.82, 2.24) is 15.0 Å². The molecule has 0 bridgehead atoms. The fourth-order valence-electron chi connectivity index (χ4n) is 1.83. The first kappa shape index (κ1) is 11.3. The van der Waals surface area contributed by atoms with E-state index >= 15 is 0 Å². The SMILES string of the molecule is Nc1cccc(-c2nccc(-c3ccccn3)n2)c1. The van der Waals surface area contributed by atoms with Crippen molar-refractivity contribution in [3.8, 4) is 22.8 Å². The molecule has 0 radical (unpaired) electrons. The maximum atomic E-state index is 5.78. The van der Waals surface area contributed by atoms with Gasteiger partial charge < -0.3 is 5.73 Å². The summed E-state index contributed by atoms with van der Waals surface area (Å²) in [4.78, 5) is 13.1. The highest BCUT2D eigenvalue weighted by Gasteiger charge is 2.05. The lowest BCUT2D eigenvalue weighted by molar-refractivity contribution is 1.16. The lowest BCUT2D eigenvalue weighted by Crippen LogP contribution is -1.93. The average Bonchev–Trinajstić information content (AvgIpc) is 2.48. The summed E-state index contributed by atoms with van der Waals surface area (Å²) in [5.74, 6) is 0.649. The van der Waals surface area contributed by atoms with Crippen LogP contribution in [0.15, 0.2) is 60.9 Å². The Morgan fingerprint density at radius 1 is 0.789 bits per heavy atom. The molecular formula is C15H12N4. The van der Waals surface area contributed by atoms with Crippen LogP contribution in [0.2, 0.25) is 0 Å². The van der Waals surface area contributed by atoms with Gasteiger partial charge in [-0.05, 0) is 30.3 Å². The minimum Gasteiger partial charge on any atom is -0.399 e. The molecule has 2 N–H and O–H groups in total. The van der Waals surface area contributed by atoms with Crippen molar-refractivity contribution in [3.63, 3.8) is 0 Å². The quantitative estimate of drug-likeness (QED) is 0.708. The van der Waals surface area contributed by atoms with Crippen molar-refractivity contribution >= 4 is 5.69 Å². The van der Waals surface area contributed by atoms with E-state index in [0.29, 0.717) is 11.5 Å². The Kier molecular flexibility index (Phi) is 2.90. The van der Waals surface area contributed by atoms with Gasteiger partial charge in [0.25, 0.3) is 0 Å². The molecule has 4 heteroatoms. The molecule has 2 aromatic heterocycles. The van der Waals surface area contributed by atoms with E-state index in [1.807, 2.05) is 48.5 Å². The molecular weight excluding hydrogens is 236 g/mol. The first-order valence-electron chi connectivity index (χ1n) is 5.93. The summed E-state index contributed by atoms with van der Waals surface area (Å²) in [6, 6.07) is 15.1. The number of nitrogens with two attached hydrogens (primary N) is 1. The largest absolute Gasteiger partial charge is 0.399 e. The monoisotopic (exact) mass is 248 g/mol. The minimum atomic E-state index is 0.649. The summed E-state index contributed by atoms with van der Waals surface area (Å²) in [6.07, 6.45) is 3.48. The van der Waals surface area contributed by atoms with Gasteiger partial charge in [0.05, 0.1) is 11.4 Å². The van der Waals surface area contributed by atoms with Gasteiger partial charge in [-0.25, -0.2) is 9.97 Å². The van der Waals surface area contributed by atoms with Gasteiger partial charge in [0, 0.05) is 23.6 Å². The maximum Gasteiger partial charge on any atom is 0.159 e. The molecule has 19 heavy (non-hydrogen) atoms. The molecule has 0 atom stereocenters. The van der Waals surface area contributed by atoms with Crippen LogP contribution < -0.4 is 5.73 Å². The van der Waals surface area contributed by atoms with Crippen LogP contribution in [0.5, 0.6) is 0 Å². The van der Waals surface area contributed by atoms with E-state index in [2.05, 4.69) is 15.0 Å². The summed E-state index contributed by atoms with van der Waals surface area (Å²) in [6.45, 7) is 0. The topological polar surface area (TPSA) is 64.7 Å². The van der Waals surface area contributed by atoms with Gasteiger partial charge in [0.15, 0.2) is 5.82 Å². The Morgan fingerprint density at radius 3 is 2.53 bits per heavy atom. The highest BCUT2D eigenvalue weighted by atomic mass is 14.9. The van der Waals surface area contributed by atoms with E-state index in [9.17, 15) is 0 Å². The maximum absolute atomic E-state index is 5.78. The van der Waals surface area contributed by atoms with E-state index in [1.165, 1.54) is 0 Å².